The molecule has 1 saturated heterocycles. The summed E-state index contributed by atoms with van der Waals surface area (Å²) in [6.07, 6.45) is 5.12. The molecule has 0 aliphatic carbocycles. The smallest absolute Gasteiger partial charge is 0.208 e. The quantitative estimate of drug-likeness (QED) is 0.326. The molecule has 0 bridgehead atoms. The maximum atomic E-state index is 5.58. The van der Waals surface area contributed by atoms with Gasteiger partial charge < -0.3 is 4.90 Å². The van der Waals surface area contributed by atoms with E-state index in [9.17, 15) is 0 Å². The Kier molecular flexibility index (Phi) is 5.60. The van der Waals surface area contributed by atoms with Crippen LogP contribution in [0.15, 0.2) is 4.99 Å². The maximum Gasteiger partial charge on any atom is 0.208 e. The van der Waals surface area contributed by atoms with E-state index in [-0.39, 0.29) is 0 Å². The summed E-state index contributed by atoms with van der Waals surface area (Å²) < 4.78 is 0. The van der Waals surface area contributed by atoms with E-state index in [2.05, 4.69) is 36.1 Å². The molecule has 0 aromatic rings. The number of rotatable bonds is 2. The number of hydrazine groups is 1. The van der Waals surface area contributed by atoms with Crippen LogP contribution in [0.5, 0.6) is 0 Å². The van der Waals surface area contributed by atoms with Crippen molar-refractivity contribution in [2.75, 3.05) is 13.1 Å². The molecule has 4 heteroatoms. The molecule has 16 heavy (non-hydrogen) atoms. The van der Waals surface area contributed by atoms with Crippen molar-refractivity contribution in [2.45, 2.75) is 52.5 Å². The SMILES string of the molecule is CC(C)CN=C(NN)N1CCCCCC1C. The summed E-state index contributed by atoms with van der Waals surface area (Å²) in [5.74, 6) is 7.02. The first-order valence-corrected chi connectivity index (χ1v) is 6.43. The standard InChI is InChI=1S/C12H26N4/c1-10(2)9-14-12(15-13)16-8-6-4-5-7-11(16)3/h10-11H,4-9,13H2,1-3H3,(H,14,15). The first-order valence-electron chi connectivity index (χ1n) is 6.43. The number of hydrogen-bond acceptors (Lipinski definition) is 2. The molecule has 1 heterocycles. The molecule has 1 aliphatic heterocycles. The molecule has 1 unspecified atom stereocenters. The Balaban J connectivity index is 2.64. The third-order valence-corrected chi connectivity index (χ3v) is 3.06. The number of likely N-dealkylation sites (tertiary alicyclic amines) is 1. The van der Waals surface area contributed by atoms with Crippen LogP contribution >= 0.6 is 0 Å². The van der Waals surface area contributed by atoms with E-state index in [1.54, 1.807) is 0 Å². The Morgan fingerprint density at radius 1 is 1.44 bits per heavy atom. The number of guanidine groups is 1. The predicted octanol–water partition coefficient (Wildman–Crippen LogP) is 1.73. The van der Waals surface area contributed by atoms with Crippen LogP contribution in [0.2, 0.25) is 0 Å². The summed E-state index contributed by atoms with van der Waals surface area (Å²) in [6, 6.07) is 0.546. The molecule has 0 saturated carbocycles. The Labute approximate surface area is 99.3 Å². The van der Waals surface area contributed by atoms with Crippen LogP contribution in [0.1, 0.15) is 46.5 Å². The van der Waals surface area contributed by atoms with Gasteiger partial charge in [-0.05, 0) is 25.7 Å². The van der Waals surface area contributed by atoms with E-state index >= 15 is 0 Å². The van der Waals surface area contributed by atoms with Crippen LogP contribution in [0.25, 0.3) is 0 Å². The second-order valence-electron chi connectivity index (χ2n) is 5.09. The Bertz CT molecular complexity index is 225. The molecular formula is C12H26N4. The molecule has 1 fully saturated rings. The van der Waals surface area contributed by atoms with Gasteiger partial charge in [0.05, 0.1) is 0 Å². The number of nitrogens with two attached hydrogens (primary N) is 1. The van der Waals surface area contributed by atoms with Crippen molar-refractivity contribution < 1.29 is 0 Å². The van der Waals surface area contributed by atoms with E-state index in [1.807, 2.05) is 0 Å². The number of nitrogens with one attached hydrogen (secondary N) is 1. The van der Waals surface area contributed by atoms with Gasteiger partial charge in [0.15, 0.2) is 0 Å². The molecule has 0 aromatic heterocycles. The molecule has 3 N–H and O–H groups in total. The summed E-state index contributed by atoms with van der Waals surface area (Å²) in [5, 5.41) is 0. The highest BCUT2D eigenvalue weighted by Crippen LogP contribution is 2.16. The van der Waals surface area contributed by atoms with Crippen molar-refractivity contribution in [3.8, 4) is 0 Å². The lowest BCUT2D eigenvalue weighted by Gasteiger charge is -2.29. The third kappa shape index (κ3) is 4.00. The highest BCUT2D eigenvalue weighted by atomic mass is 15.4. The van der Waals surface area contributed by atoms with Crippen LogP contribution in [-0.2, 0) is 0 Å². The lowest BCUT2D eigenvalue weighted by molar-refractivity contribution is 0.323. The average molecular weight is 226 g/mol. The lowest BCUT2D eigenvalue weighted by Crippen LogP contribution is -2.48. The Morgan fingerprint density at radius 2 is 2.19 bits per heavy atom. The van der Waals surface area contributed by atoms with Crippen LogP contribution in [0.4, 0.5) is 0 Å². The first kappa shape index (κ1) is 13.3. The van der Waals surface area contributed by atoms with Gasteiger partial charge in [-0.25, -0.2) is 5.84 Å². The molecule has 4 nitrogen and oxygen atoms in total. The van der Waals surface area contributed by atoms with Gasteiger partial charge in [-0.3, -0.25) is 10.4 Å². The minimum absolute atomic E-state index is 0.546. The second-order valence-corrected chi connectivity index (χ2v) is 5.09. The topological polar surface area (TPSA) is 53.6 Å². The lowest BCUT2D eigenvalue weighted by atomic mass is 10.1. The van der Waals surface area contributed by atoms with Crippen molar-refractivity contribution in [1.82, 2.24) is 10.3 Å². The molecule has 0 spiro atoms. The summed E-state index contributed by atoms with van der Waals surface area (Å²) in [4.78, 5) is 6.88. The number of nitrogens with zero attached hydrogens (tertiary/aromatic N) is 2. The van der Waals surface area contributed by atoms with Crippen molar-refractivity contribution in [3.05, 3.63) is 0 Å². The fourth-order valence-corrected chi connectivity index (χ4v) is 2.08. The van der Waals surface area contributed by atoms with Gasteiger partial charge in [-0.15, -0.1) is 0 Å². The van der Waals surface area contributed by atoms with Crippen LogP contribution in [0, 0.1) is 5.92 Å². The monoisotopic (exact) mass is 226 g/mol. The minimum atomic E-state index is 0.546. The average Bonchev–Trinajstić information content (AvgIpc) is 2.45. The number of hydrogen-bond donors (Lipinski definition) is 2. The molecule has 1 atom stereocenters. The van der Waals surface area contributed by atoms with Gasteiger partial charge in [-0.1, -0.05) is 26.7 Å². The molecule has 94 valence electrons. The summed E-state index contributed by atoms with van der Waals surface area (Å²) >= 11 is 0. The van der Waals surface area contributed by atoms with Gasteiger partial charge in [0.1, 0.15) is 0 Å². The van der Waals surface area contributed by atoms with Crippen molar-refractivity contribution >= 4 is 5.96 Å². The molecule has 0 amide bonds. The maximum absolute atomic E-state index is 5.58. The molecule has 1 aliphatic rings. The van der Waals surface area contributed by atoms with E-state index in [0.29, 0.717) is 12.0 Å². The van der Waals surface area contributed by atoms with E-state index in [1.165, 1.54) is 25.7 Å². The minimum Gasteiger partial charge on any atom is -0.339 e. The van der Waals surface area contributed by atoms with E-state index in [0.717, 1.165) is 19.0 Å². The van der Waals surface area contributed by atoms with E-state index < -0.39 is 0 Å². The fraction of sp³-hybridized carbons (Fsp3) is 0.917. The Hall–Kier alpha value is -0.770. The number of aliphatic imine (C=N–C) groups is 1. The first-order chi connectivity index (χ1) is 7.65. The van der Waals surface area contributed by atoms with Crippen LogP contribution < -0.4 is 11.3 Å². The molecular weight excluding hydrogens is 200 g/mol. The van der Waals surface area contributed by atoms with Crippen molar-refractivity contribution in [3.63, 3.8) is 0 Å². The van der Waals surface area contributed by atoms with Crippen molar-refractivity contribution in [1.29, 1.82) is 0 Å². The zero-order valence-corrected chi connectivity index (χ0v) is 10.9. The van der Waals surface area contributed by atoms with Gasteiger partial charge in [0, 0.05) is 19.1 Å². The van der Waals surface area contributed by atoms with Crippen LogP contribution in [-0.4, -0.2) is 30.0 Å². The fourth-order valence-electron chi connectivity index (χ4n) is 2.08. The van der Waals surface area contributed by atoms with Gasteiger partial charge in [0.25, 0.3) is 0 Å². The zero-order chi connectivity index (χ0) is 12.0. The van der Waals surface area contributed by atoms with Gasteiger partial charge in [0.2, 0.25) is 5.96 Å². The summed E-state index contributed by atoms with van der Waals surface area (Å²) in [7, 11) is 0. The highest BCUT2D eigenvalue weighted by molar-refractivity contribution is 5.79. The van der Waals surface area contributed by atoms with Gasteiger partial charge >= 0.3 is 0 Å². The highest BCUT2D eigenvalue weighted by Gasteiger charge is 2.19. The van der Waals surface area contributed by atoms with Crippen molar-refractivity contribution in [2.24, 2.45) is 16.8 Å². The third-order valence-electron chi connectivity index (χ3n) is 3.06. The summed E-state index contributed by atoms with van der Waals surface area (Å²) in [6.45, 7) is 8.51. The van der Waals surface area contributed by atoms with E-state index in [4.69, 9.17) is 5.84 Å². The van der Waals surface area contributed by atoms with Crippen LogP contribution in [0.3, 0.4) is 0 Å². The molecule has 0 radical (unpaired) electrons. The normalized spacial score (nSPS) is 23.4. The molecule has 1 rings (SSSR count). The zero-order valence-electron chi connectivity index (χ0n) is 10.9. The largest absolute Gasteiger partial charge is 0.339 e. The second kappa shape index (κ2) is 6.74. The molecule has 0 aromatic carbocycles. The Morgan fingerprint density at radius 3 is 2.81 bits per heavy atom. The summed E-state index contributed by atoms with van der Waals surface area (Å²) in [5.41, 5.74) is 2.76. The van der Waals surface area contributed by atoms with Gasteiger partial charge in [-0.2, -0.15) is 0 Å². The predicted molar refractivity (Wildman–Crippen MR) is 69.1 cm³/mol.